The first-order valence-corrected chi connectivity index (χ1v) is 5.78. The number of hydrogen-bond donors (Lipinski definition) is 3. The van der Waals surface area contributed by atoms with Crippen molar-refractivity contribution < 1.29 is 19.4 Å². The van der Waals surface area contributed by atoms with Crippen molar-refractivity contribution in [3.8, 4) is 0 Å². The minimum atomic E-state index is -1.13. The number of methoxy groups -OCH3 is 1. The predicted molar refractivity (Wildman–Crippen MR) is 67.8 cm³/mol. The van der Waals surface area contributed by atoms with E-state index in [0.717, 1.165) is 5.56 Å². The second-order valence-electron chi connectivity index (χ2n) is 3.85. The van der Waals surface area contributed by atoms with Gasteiger partial charge in [0.25, 0.3) is 0 Å². The van der Waals surface area contributed by atoms with Crippen molar-refractivity contribution in [1.29, 1.82) is 0 Å². The average molecular weight is 267 g/mol. The molecule has 19 heavy (non-hydrogen) atoms. The second kappa shape index (κ2) is 8.04. The fraction of sp³-hybridized carbons (Fsp3) is 0.417. The molecule has 0 aliphatic heterocycles. The first kappa shape index (κ1) is 14.9. The third-order valence-corrected chi connectivity index (χ3v) is 2.39. The van der Waals surface area contributed by atoms with E-state index in [1.807, 2.05) is 12.1 Å². The van der Waals surface area contributed by atoms with Crippen LogP contribution >= 0.6 is 0 Å². The Labute approximate surface area is 111 Å². The summed E-state index contributed by atoms with van der Waals surface area (Å²) in [6, 6.07) is 2.12. The lowest BCUT2D eigenvalue weighted by molar-refractivity contribution is -0.140. The molecule has 0 aliphatic carbocycles. The highest BCUT2D eigenvalue weighted by Gasteiger charge is 2.19. The lowest BCUT2D eigenvalue weighted by Crippen LogP contribution is -2.48. The molecule has 0 bridgehead atoms. The molecule has 3 N–H and O–H groups in total. The van der Waals surface area contributed by atoms with Crippen molar-refractivity contribution in [2.24, 2.45) is 0 Å². The van der Waals surface area contributed by atoms with Crippen molar-refractivity contribution in [3.63, 3.8) is 0 Å². The summed E-state index contributed by atoms with van der Waals surface area (Å²) >= 11 is 0. The molecule has 1 atom stereocenters. The van der Waals surface area contributed by atoms with Gasteiger partial charge in [0.05, 0.1) is 6.61 Å². The molecule has 1 aromatic heterocycles. The van der Waals surface area contributed by atoms with Crippen LogP contribution in [0.4, 0.5) is 4.79 Å². The third-order valence-electron chi connectivity index (χ3n) is 2.39. The summed E-state index contributed by atoms with van der Waals surface area (Å²) in [4.78, 5) is 26.1. The molecule has 1 unspecified atom stereocenters. The molecule has 0 aromatic carbocycles. The van der Waals surface area contributed by atoms with Gasteiger partial charge < -0.3 is 20.5 Å². The number of nitrogens with one attached hydrogen (secondary N) is 2. The zero-order valence-electron chi connectivity index (χ0n) is 10.6. The molecular formula is C12H17N3O4. The number of rotatable bonds is 7. The summed E-state index contributed by atoms with van der Waals surface area (Å²) in [6.07, 6.45) is 4.00. The first-order valence-electron chi connectivity index (χ1n) is 5.78. The molecule has 0 radical (unpaired) electrons. The maximum atomic E-state index is 11.5. The molecule has 0 spiro atoms. The number of amides is 2. The number of carboxylic acids is 1. The number of urea groups is 1. The number of carboxylic acid groups (broad SMARTS) is 1. The summed E-state index contributed by atoms with van der Waals surface area (Å²) in [6.45, 7) is 0.336. The largest absolute Gasteiger partial charge is 0.480 e. The van der Waals surface area contributed by atoms with Gasteiger partial charge in [0.2, 0.25) is 0 Å². The zero-order chi connectivity index (χ0) is 14.1. The second-order valence-corrected chi connectivity index (χ2v) is 3.85. The van der Waals surface area contributed by atoms with Crippen LogP contribution in [0, 0.1) is 0 Å². The Balaban J connectivity index is 2.29. The minimum Gasteiger partial charge on any atom is -0.480 e. The van der Waals surface area contributed by atoms with Crippen LogP contribution < -0.4 is 10.6 Å². The van der Waals surface area contributed by atoms with Crippen LogP contribution in [0.3, 0.4) is 0 Å². The van der Waals surface area contributed by atoms with E-state index in [2.05, 4.69) is 15.6 Å². The summed E-state index contributed by atoms with van der Waals surface area (Å²) in [5.41, 5.74) is 1.04. The molecule has 2 amide bonds. The smallest absolute Gasteiger partial charge is 0.328 e. The lowest BCUT2D eigenvalue weighted by Gasteiger charge is -2.14. The summed E-state index contributed by atoms with van der Waals surface area (Å²) in [5, 5.41) is 13.7. The predicted octanol–water partition coefficient (Wildman–Crippen LogP) is 0.0229. The Bertz CT molecular complexity index is 411. The third kappa shape index (κ3) is 5.82. The molecule has 0 aliphatic rings. The van der Waals surface area contributed by atoms with E-state index in [1.54, 1.807) is 12.4 Å². The number of ether oxygens (including phenoxy) is 1. The highest BCUT2D eigenvalue weighted by Crippen LogP contribution is 1.95. The average Bonchev–Trinajstić information content (AvgIpc) is 2.39. The Morgan fingerprint density at radius 3 is 2.68 bits per heavy atom. The number of hydrogen-bond acceptors (Lipinski definition) is 4. The molecule has 0 saturated heterocycles. The van der Waals surface area contributed by atoms with Crippen molar-refractivity contribution in [1.82, 2.24) is 15.6 Å². The van der Waals surface area contributed by atoms with Crippen LogP contribution in [-0.4, -0.2) is 48.4 Å². The molecule has 1 rings (SSSR count). The number of carbonyl (C=O) groups is 2. The standard InChI is InChI=1S/C12H17N3O4/c1-19-8-10(11(16)17)15-12(18)14-7-4-9-2-5-13-6-3-9/h2-3,5-6,10H,4,7-8H2,1H3,(H,16,17)(H2,14,15,18). The molecule has 104 valence electrons. The van der Waals surface area contributed by atoms with Gasteiger partial charge in [0.15, 0.2) is 6.04 Å². The summed E-state index contributed by atoms with van der Waals surface area (Å²) in [7, 11) is 1.37. The van der Waals surface area contributed by atoms with E-state index in [4.69, 9.17) is 9.84 Å². The van der Waals surface area contributed by atoms with Crippen molar-refractivity contribution in [2.75, 3.05) is 20.3 Å². The maximum absolute atomic E-state index is 11.5. The van der Waals surface area contributed by atoms with Crippen molar-refractivity contribution in [3.05, 3.63) is 30.1 Å². The quantitative estimate of drug-likeness (QED) is 0.646. The van der Waals surface area contributed by atoms with E-state index in [9.17, 15) is 9.59 Å². The maximum Gasteiger partial charge on any atom is 0.328 e. The zero-order valence-corrected chi connectivity index (χ0v) is 10.6. The van der Waals surface area contributed by atoms with Crippen LogP contribution in [0.5, 0.6) is 0 Å². The van der Waals surface area contributed by atoms with Gasteiger partial charge in [-0.2, -0.15) is 0 Å². The van der Waals surface area contributed by atoms with E-state index in [1.165, 1.54) is 7.11 Å². The fourth-order valence-corrected chi connectivity index (χ4v) is 1.42. The highest BCUT2D eigenvalue weighted by atomic mass is 16.5. The van der Waals surface area contributed by atoms with Gasteiger partial charge in [0, 0.05) is 26.0 Å². The topological polar surface area (TPSA) is 101 Å². The van der Waals surface area contributed by atoms with Crippen LogP contribution in [0.1, 0.15) is 5.56 Å². The number of aliphatic carboxylic acids is 1. The Morgan fingerprint density at radius 1 is 1.42 bits per heavy atom. The van der Waals surface area contributed by atoms with E-state index < -0.39 is 18.0 Å². The van der Waals surface area contributed by atoms with Gasteiger partial charge in [-0.15, -0.1) is 0 Å². The molecule has 0 saturated carbocycles. The van der Waals surface area contributed by atoms with Gasteiger partial charge in [-0.25, -0.2) is 9.59 Å². The van der Waals surface area contributed by atoms with Crippen LogP contribution in [0.15, 0.2) is 24.5 Å². The van der Waals surface area contributed by atoms with Crippen molar-refractivity contribution >= 4 is 12.0 Å². The van der Waals surface area contributed by atoms with Gasteiger partial charge in [-0.05, 0) is 24.1 Å². The van der Waals surface area contributed by atoms with Crippen LogP contribution in [0.25, 0.3) is 0 Å². The Kier molecular flexibility index (Phi) is 6.31. The van der Waals surface area contributed by atoms with Gasteiger partial charge in [-0.3, -0.25) is 4.98 Å². The SMILES string of the molecule is COCC(NC(=O)NCCc1ccncc1)C(=O)O. The number of carbonyl (C=O) groups excluding carboxylic acids is 1. The van der Waals surface area contributed by atoms with Gasteiger partial charge in [-0.1, -0.05) is 0 Å². The summed E-state index contributed by atoms with van der Waals surface area (Å²) < 4.78 is 4.71. The normalized spacial score (nSPS) is 11.6. The molecule has 1 heterocycles. The van der Waals surface area contributed by atoms with Crippen molar-refractivity contribution in [2.45, 2.75) is 12.5 Å². The number of aromatic nitrogens is 1. The highest BCUT2D eigenvalue weighted by molar-refractivity contribution is 5.82. The Hall–Kier alpha value is -2.15. The van der Waals surface area contributed by atoms with Crippen LogP contribution in [0.2, 0.25) is 0 Å². The van der Waals surface area contributed by atoms with Gasteiger partial charge in [0.1, 0.15) is 0 Å². The van der Waals surface area contributed by atoms with Crippen LogP contribution in [-0.2, 0) is 16.0 Å². The first-order chi connectivity index (χ1) is 9.13. The molecule has 7 heteroatoms. The van der Waals surface area contributed by atoms with Gasteiger partial charge >= 0.3 is 12.0 Å². The number of nitrogens with zero attached hydrogens (tertiary/aromatic N) is 1. The molecular weight excluding hydrogens is 250 g/mol. The monoisotopic (exact) mass is 267 g/mol. The number of pyridine rings is 1. The fourth-order valence-electron chi connectivity index (χ4n) is 1.42. The van der Waals surface area contributed by atoms with E-state index in [0.29, 0.717) is 13.0 Å². The molecule has 1 aromatic rings. The lowest BCUT2D eigenvalue weighted by atomic mass is 10.2. The summed E-state index contributed by atoms with van der Waals surface area (Å²) in [5.74, 6) is -1.13. The Morgan fingerprint density at radius 2 is 2.11 bits per heavy atom. The van der Waals surface area contributed by atoms with E-state index in [-0.39, 0.29) is 6.61 Å². The molecule has 7 nitrogen and oxygen atoms in total. The van der Waals surface area contributed by atoms with E-state index >= 15 is 0 Å². The molecule has 0 fully saturated rings. The minimum absolute atomic E-state index is 0.0763.